The molecule has 0 saturated carbocycles. The summed E-state index contributed by atoms with van der Waals surface area (Å²) in [6, 6.07) is 13.6. The Morgan fingerprint density at radius 2 is 1.81 bits per heavy atom. The predicted octanol–water partition coefficient (Wildman–Crippen LogP) is 3.20. The molecule has 2 aromatic carbocycles. The van der Waals surface area contributed by atoms with Gasteiger partial charge in [0.2, 0.25) is 0 Å². The van der Waals surface area contributed by atoms with Crippen LogP contribution in [0.3, 0.4) is 0 Å². The van der Waals surface area contributed by atoms with Crippen molar-refractivity contribution >= 4 is 35.4 Å². The molecule has 0 spiro atoms. The number of carboxylic acid groups (broad SMARTS) is 1. The van der Waals surface area contributed by atoms with E-state index in [-0.39, 0.29) is 4.91 Å². The second-order valence-corrected chi connectivity index (χ2v) is 3.88. The van der Waals surface area contributed by atoms with Crippen molar-refractivity contribution in [1.29, 1.82) is 0 Å². The highest BCUT2D eigenvalue weighted by Crippen LogP contribution is 2.21. The lowest BCUT2D eigenvalue weighted by Crippen LogP contribution is -1.93. The average molecular weight is 230 g/mol. The number of carboxylic acids is 1. The minimum atomic E-state index is -1.02. The van der Waals surface area contributed by atoms with E-state index in [9.17, 15) is 4.79 Å². The molecule has 2 rings (SSSR count). The first kappa shape index (κ1) is 10.8. The van der Waals surface area contributed by atoms with Crippen LogP contribution in [-0.2, 0) is 4.79 Å². The maximum Gasteiger partial charge on any atom is 0.341 e. The fraction of sp³-hybridized carbons (Fsp3) is 0. The molecule has 0 unspecified atom stereocenters. The Hall–Kier alpha value is -1.74. The molecule has 0 aromatic heterocycles. The van der Waals surface area contributed by atoms with E-state index in [1.807, 2.05) is 42.5 Å². The highest BCUT2D eigenvalue weighted by atomic mass is 32.1. The van der Waals surface area contributed by atoms with Crippen LogP contribution in [0, 0.1) is 0 Å². The van der Waals surface area contributed by atoms with Gasteiger partial charge in [0.1, 0.15) is 0 Å². The van der Waals surface area contributed by atoms with E-state index in [2.05, 4.69) is 12.6 Å². The minimum Gasteiger partial charge on any atom is -0.477 e. The quantitative estimate of drug-likeness (QED) is 0.614. The Kier molecular flexibility index (Phi) is 2.97. The number of thiol groups is 1. The standard InChI is InChI=1S/C13H10O2S/c14-13(15)12(16)8-10-6-3-5-9-4-1-2-7-11(9)10/h1-8,16H,(H,14,15)/b12-8+. The first-order valence-electron chi connectivity index (χ1n) is 4.80. The number of aliphatic carboxylic acids is 1. The van der Waals surface area contributed by atoms with Gasteiger partial charge in [-0.25, -0.2) is 4.79 Å². The van der Waals surface area contributed by atoms with Crippen molar-refractivity contribution in [1.82, 2.24) is 0 Å². The number of hydrogen-bond donors (Lipinski definition) is 2. The second-order valence-electron chi connectivity index (χ2n) is 3.40. The number of benzene rings is 2. The number of carbonyl (C=O) groups is 1. The summed E-state index contributed by atoms with van der Waals surface area (Å²) < 4.78 is 0. The first-order chi connectivity index (χ1) is 7.68. The Labute approximate surface area is 98.6 Å². The van der Waals surface area contributed by atoms with Crippen molar-refractivity contribution in [2.45, 2.75) is 0 Å². The van der Waals surface area contributed by atoms with Crippen LogP contribution in [0.5, 0.6) is 0 Å². The Bertz CT molecular complexity index is 568. The Balaban J connectivity index is 2.61. The van der Waals surface area contributed by atoms with Gasteiger partial charge in [0.25, 0.3) is 0 Å². The summed E-state index contributed by atoms with van der Waals surface area (Å²) in [6.45, 7) is 0. The molecule has 0 bridgehead atoms. The third kappa shape index (κ3) is 2.09. The van der Waals surface area contributed by atoms with Gasteiger partial charge in [-0.15, -0.1) is 12.6 Å². The molecule has 1 N–H and O–H groups in total. The average Bonchev–Trinajstić information content (AvgIpc) is 2.29. The molecule has 0 amide bonds. The zero-order valence-electron chi connectivity index (χ0n) is 8.42. The first-order valence-corrected chi connectivity index (χ1v) is 5.25. The van der Waals surface area contributed by atoms with Gasteiger partial charge in [0.15, 0.2) is 0 Å². The van der Waals surface area contributed by atoms with Crippen molar-refractivity contribution in [2.75, 3.05) is 0 Å². The minimum absolute atomic E-state index is 0.0383. The fourth-order valence-corrected chi connectivity index (χ4v) is 1.72. The van der Waals surface area contributed by atoms with Crippen LogP contribution >= 0.6 is 12.6 Å². The molecule has 0 aliphatic carbocycles. The molecule has 3 heteroatoms. The van der Waals surface area contributed by atoms with Gasteiger partial charge in [-0.1, -0.05) is 42.5 Å². The summed E-state index contributed by atoms with van der Waals surface area (Å²) in [5.74, 6) is -1.02. The van der Waals surface area contributed by atoms with Gasteiger partial charge in [-0.05, 0) is 22.4 Å². The zero-order chi connectivity index (χ0) is 11.5. The summed E-state index contributed by atoms with van der Waals surface area (Å²) in [5.41, 5.74) is 0.866. The van der Waals surface area contributed by atoms with Crippen LogP contribution < -0.4 is 0 Å². The molecule has 0 radical (unpaired) electrons. The van der Waals surface area contributed by atoms with Gasteiger partial charge in [-0.2, -0.15) is 0 Å². The van der Waals surface area contributed by atoms with Crippen molar-refractivity contribution in [3.8, 4) is 0 Å². The van der Waals surface area contributed by atoms with Gasteiger partial charge in [0.05, 0.1) is 4.91 Å². The molecule has 16 heavy (non-hydrogen) atoms. The summed E-state index contributed by atoms with van der Waals surface area (Å²) >= 11 is 3.92. The molecule has 80 valence electrons. The van der Waals surface area contributed by atoms with E-state index in [1.165, 1.54) is 0 Å². The van der Waals surface area contributed by atoms with Crippen LogP contribution in [0.2, 0.25) is 0 Å². The normalized spacial score (nSPS) is 11.7. The Morgan fingerprint density at radius 1 is 1.12 bits per heavy atom. The van der Waals surface area contributed by atoms with E-state index in [0.717, 1.165) is 16.3 Å². The molecule has 0 aliphatic heterocycles. The molecule has 0 aliphatic rings. The molecule has 0 saturated heterocycles. The third-order valence-electron chi connectivity index (χ3n) is 2.33. The van der Waals surface area contributed by atoms with Crippen LogP contribution in [0.1, 0.15) is 5.56 Å². The monoisotopic (exact) mass is 230 g/mol. The zero-order valence-corrected chi connectivity index (χ0v) is 9.32. The number of fused-ring (bicyclic) bond motifs is 1. The summed E-state index contributed by atoms with van der Waals surface area (Å²) in [7, 11) is 0. The van der Waals surface area contributed by atoms with E-state index in [0.29, 0.717) is 0 Å². The number of rotatable bonds is 2. The Morgan fingerprint density at radius 3 is 2.56 bits per heavy atom. The van der Waals surface area contributed by atoms with Crippen molar-refractivity contribution in [2.24, 2.45) is 0 Å². The maximum atomic E-state index is 10.7. The number of hydrogen-bond acceptors (Lipinski definition) is 2. The fourth-order valence-electron chi connectivity index (χ4n) is 1.59. The molecule has 0 fully saturated rings. The summed E-state index contributed by atoms with van der Waals surface area (Å²) in [4.78, 5) is 10.7. The van der Waals surface area contributed by atoms with Gasteiger partial charge >= 0.3 is 5.97 Å². The van der Waals surface area contributed by atoms with E-state index in [4.69, 9.17) is 5.11 Å². The van der Waals surface area contributed by atoms with E-state index < -0.39 is 5.97 Å². The maximum absolute atomic E-state index is 10.7. The van der Waals surface area contributed by atoms with Crippen molar-refractivity contribution in [3.63, 3.8) is 0 Å². The van der Waals surface area contributed by atoms with Crippen molar-refractivity contribution in [3.05, 3.63) is 52.9 Å². The smallest absolute Gasteiger partial charge is 0.341 e. The lowest BCUT2D eigenvalue weighted by molar-refractivity contribution is -0.131. The van der Waals surface area contributed by atoms with Gasteiger partial charge < -0.3 is 5.11 Å². The predicted molar refractivity (Wildman–Crippen MR) is 68.5 cm³/mol. The largest absolute Gasteiger partial charge is 0.477 e. The highest BCUT2D eigenvalue weighted by molar-refractivity contribution is 7.85. The van der Waals surface area contributed by atoms with Gasteiger partial charge in [0, 0.05) is 0 Å². The van der Waals surface area contributed by atoms with E-state index in [1.54, 1.807) is 6.08 Å². The molecular weight excluding hydrogens is 220 g/mol. The SMILES string of the molecule is O=C(O)/C(S)=C\c1cccc2ccccc12. The second kappa shape index (κ2) is 4.41. The van der Waals surface area contributed by atoms with E-state index >= 15 is 0 Å². The molecule has 0 atom stereocenters. The molecule has 2 aromatic rings. The lowest BCUT2D eigenvalue weighted by atomic mass is 10.0. The summed E-state index contributed by atoms with van der Waals surface area (Å²) in [6.07, 6.45) is 1.56. The summed E-state index contributed by atoms with van der Waals surface area (Å²) in [5, 5.41) is 10.9. The lowest BCUT2D eigenvalue weighted by Gasteiger charge is -2.02. The molecular formula is C13H10O2S. The van der Waals surface area contributed by atoms with Crippen LogP contribution in [0.15, 0.2) is 47.4 Å². The molecule has 0 heterocycles. The van der Waals surface area contributed by atoms with Crippen LogP contribution in [-0.4, -0.2) is 11.1 Å². The van der Waals surface area contributed by atoms with Gasteiger partial charge in [-0.3, -0.25) is 0 Å². The topological polar surface area (TPSA) is 37.3 Å². The molecule has 2 nitrogen and oxygen atoms in total. The van der Waals surface area contributed by atoms with Crippen LogP contribution in [0.25, 0.3) is 16.8 Å². The third-order valence-corrected chi connectivity index (χ3v) is 2.66. The van der Waals surface area contributed by atoms with Crippen molar-refractivity contribution < 1.29 is 9.90 Å². The van der Waals surface area contributed by atoms with Crippen LogP contribution in [0.4, 0.5) is 0 Å². The highest BCUT2D eigenvalue weighted by Gasteiger charge is 2.03.